The summed E-state index contributed by atoms with van der Waals surface area (Å²) in [5, 5.41) is 2.58. The van der Waals surface area contributed by atoms with Crippen molar-refractivity contribution in [3.8, 4) is 0 Å². The lowest BCUT2D eigenvalue weighted by molar-refractivity contribution is 0.116. The summed E-state index contributed by atoms with van der Waals surface area (Å²) < 4.78 is 0. The highest BCUT2D eigenvalue weighted by molar-refractivity contribution is 5.93. The van der Waals surface area contributed by atoms with Crippen LogP contribution in [0.5, 0.6) is 0 Å². The molecule has 110 valence electrons. The number of anilines is 1. The van der Waals surface area contributed by atoms with E-state index in [4.69, 9.17) is 0 Å². The van der Waals surface area contributed by atoms with Gasteiger partial charge in [0, 0.05) is 54.0 Å². The van der Waals surface area contributed by atoms with Crippen LogP contribution in [0.1, 0.15) is 26.2 Å². The van der Waals surface area contributed by atoms with Crippen LogP contribution in [-0.4, -0.2) is 41.6 Å². The number of piperazine rings is 1. The van der Waals surface area contributed by atoms with Crippen molar-refractivity contribution >= 4 is 16.5 Å². The molecule has 0 N–H and O–H groups in total. The number of aromatic nitrogens is 1. The van der Waals surface area contributed by atoms with Crippen molar-refractivity contribution in [2.24, 2.45) is 0 Å². The molecule has 0 amide bonds. The van der Waals surface area contributed by atoms with Crippen LogP contribution >= 0.6 is 0 Å². The maximum atomic E-state index is 4.26. The molecular formula is C18H23N3. The molecule has 4 rings (SSSR count). The van der Waals surface area contributed by atoms with Crippen molar-refractivity contribution in [2.45, 2.75) is 38.3 Å². The molecule has 2 fully saturated rings. The van der Waals surface area contributed by atoms with Gasteiger partial charge < -0.3 is 4.90 Å². The van der Waals surface area contributed by atoms with Crippen LogP contribution in [0.15, 0.2) is 36.7 Å². The number of nitrogens with zero attached hydrogens (tertiary/aromatic N) is 3. The average molecular weight is 281 g/mol. The molecule has 1 aromatic heterocycles. The summed E-state index contributed by atoms with van der Waals surface area (Å²) in [5.74, 6) is 0. The molecule has 2 atom stereocenters. The van der Waals surface area contributed by atoms with Gasteiger partial charge in [0.15, 0.2) is 0 Å². The van der Waals surface area contributed by atoms with Gasteiger partial charge in [-0.15, -0.1) is 0 Å². The summed E-state index contributed by atoms with van der Waals surface area (Å²) in [5.41, 5.74) is 1.38. The molecule has 0 aliphatic carbocycles. The first-order valence-corrected chi connectivity index (χ1v) is 8.16. The van der Waals surface area contributed by atoms with Crippen molar-refractivity contribution in [2.75, 3.05) is 24.5 Å². The topological polar surface area (TPSA) is 19.4 Å². The Hall–Kier alpha value is -1.61. The van der Waals surface area contributed by atoms with Crippen LogP contribution in [0, 0.1) is 0 Å². The Kier molecular flexibility index (Phi) is 3.30. The predicted molar refractivity (Wildman–Crippen MR) is 87.8 cm³/mol. The highest BCUT2D eigenvalue weighted by Gasteiger charge is 2.33. The highest BCUT2D eigenvalue weighted by Crippen LogP contribution is 2.32. The molecule has 2 aromatic rings. The fourth-order valence-electron chi connectivity index (χ4n) is 4.04. The molecule has 2 saturated heterocycles. The summed E-state index contributed by atoms with van der Waals surface area (Å²) >= 11 is 0. The van der Waals surface area contributed by atoms with E-state index in [1.165, 1.54) is 55.4 Å². The van der Waals surface area contributed by atoms with E-state index < -0.39 is 0 Å². The summed E-state index contributed by atoms with van der Waals surface area (Å²) in [4.78, 5) is 9.58. The Bertz CT molecular complexity index is 634. The summed E-state index contributed by atoms with van der Waals surface area (Å²) in [6, 6.07) is 10.1. The van der Waals surface area contributed by atoms with Gasteiger partial charge in [-0.1, -0.05) is 18.6 Å². The maximum Gasteiger partial charge on any atom is 0.0450 e. The Labute approximate surface area is 126 Å². The summed E-state index contributed by atoms with van der Waals surface area (Å²) in [7, 11) is 0. The second-order valence-corrected chi connectivity index (χ2v) is 6.52. The van der Waals surface area contributed by atoms with E-state index in [0.29, 0.717) is 6.04 Å². The van der Waals surface area contributed by atoms with Gasteiger partial charge in [0.05, 0.1) is 0 Å². The fraction of sp³-hybridized carbons (Fsp3) is 0.500. The zero-order chi connectivity index (χ0) is 14.2. The minimum Gasteiger partial charge on any atom is -0.365 e. The second-order valence-electron chi connectivity index (χ2n) is 6.52. The van der Waals surface area contributed by atoms with Gasteiger partial charge in [0.25, 0.3) is 0 Å². The first-order chi connectivity index (χ1) is 10.3. The Morgan fingerprint density at radius 1 is 1.14 bits per heavy atom. The molecule has 2 aliphatic rings. The zero-order valence-corrected chi connectivity index (χ0v) is 12.7. The summed E-state index contributed by atoms with van der Waals surface area (Å²) in [6.45, 7) is 6.03. The molecule has 0 saturated carbocycles. The van der Waals surface area contributed by atoms with Crippen LogP contribution in [0.3, 0.4) is 0 Å². The Morgan fingerprint density at radius 2 is 2.10 bits per heavy atom. The standard InChI is InChI=1S/C18H23N3/c1-14-12-20-10-3-2-6-16(20)13-21(14)18-7-4-5-15-11-19-9-8-17(15)18/h4-5,7-9,11,14,16H,2-3,6,10,12-13H2,1H3. The van der Waals surface area contributed by atoms with E-state index in [9.17, 15) is 0 Å². The average Bonchev–Trinajstić information content (AvgIpc) is 2.54. The lowest BCUT2D eigenvalue weighted by Crippen LogP contribution is -2.58. The monoisotopic (exact) mass is 281 g/mol. The smallest absolute Gasteiger partial charge is 0.0450 e. The lowest BCUT2D eigenvalue weighted by Gasteiger charge is -2.48. The van der Waals surface area contributed by atoms with Gasteiger partial charge in [-0.25, -0.2) is 0 Å². The quantitative estimate of drug-likeness (QED) is 0.799. The molecule has 21 heavy (non-hydrogen) atoms. The van der Waals surface area contributed by atoms with Crippen molar-refractivity contribution < 1.29 is 0 Å². The third-order valence-electron chi connectivity index (χ3n) is 5.15. The number of hydrogen-bond acceptors (Lipinski definition) is 3. The van der Waals surface area contributed by atoms with Crippen molar-refractivity contribution in [1.29, 1.82) is 0 Å². The number of rotatable bonds is 1. The molecule has 2 unspecified atom stereocenters. The van der Waals surface area contributed by atoms with Crippen LogP contribution in [0.2, 0.25) is 0 Å². The predicted octanol–water partition coefficient (Wildman–Crippen LogP) is 3.30. The van der Waals surface area contributed by atoms with Crippen molar-refractivity contribution in [1.82, 2.24) is 9.88 Å². The highest BCUT2D eigenvalue weighted by atomic mass is 15.3. The molecule has 0 bridgehead atoms. The summed E-state index contributed by atoms with van der Waals surface area (Å²) in [6.07, 6.45) is 8.01. The van der Waals surface area contributed by atoms with Crippen LogP contribution in [0.4, 0.5) is 5.69 Å². The maximum absolute atomic E-state index is 4.26. The molecule has 0 radical (unpaired) electrons. The first-order valence-electron chi connectivity index (χ1n) is 8.16. The minimum absolute atomic E-state index is 0.582. The number of pyridine rings is 1. The van der Waals surface area contributed by atoms with Crippen LogP contribution in [-0.2, 0) is 0 Å². The third kappa shape index (κ3) is 2.30. The molecule has 3 heteroatoms. The van der Waals surface area contributed by atoms with Gasteiger partial charge >= 0.3 is 0 Å². The van der Waals surface area contributed by atoms with Crippen molar-refractivity contribution in [3.05, 3.63) is 36.7 Å². The second kappa shape index (κ2) is 5.30. The van der Waals surface area contributed by atoms with E-state index in [2.05, 4.69) is 46.0 Å². The normalized spacial score (nSPS) is 26.8. The molecule has 0 spiro atoms. The number of hydrogen-bond donors (Lipinski definition) is 0. The van der Waals surface area contributed by atoms with Gasteiger partial charge in [0.1, 0.15) is 0 Å². The van der Waals surface area contributed by atoms with Gasteiger partial charge in [-0.05, 0) is 38.4 Å². The minimum atomic E-state index is 0.582. The largest absolute Gasteiger partial charge is 0.365 e. The lowest BCUT2D eigenvalue weighted by atomic mass is 9.96. The van der Waals surface area contributed by atoms with Crippen LogP contribution in [0.25, 0.3) is 10.8 Å². The van der Waals surface area contributed by atoms with Crippen molar-refractivity contribution in [3.63, 3.8) is 0 Å². The van der Waals surface area contributed by atoms with Crippen LogP contribution < -0.4 is 4.90 Å². The number of piperidine rings is 1. The molecule has 3 nitrogen and oxygen atoms in total. The molecule has 1 aromatic carbocycles. The van der Waals surface area contributed by atoms with Gasteiger partial charge in [-0.2, -0.15) is 0 Å². The molecule has 3 heterocycles. The van der Waals surface area contributed by atoms with E-state index in [1.807, 2.05) is 12.4 Å². The number of fused-ring (bicyclic) bond motifs is 2. The van der Waals surface area contributed by atoms with E-state index in [0.717, 1.165) is 6.04 Å². The molecule has 2 aliphatic heterocycles. The molecular weight excluding hydrogens is 258 g/mol. The first kappa shape index (κ1) is 13.1. The van der Waals surface area contributed by atoms with E-state index >= 15 is 0 Å². The third-order valence-corrected chi connectivity index (χ3v) is 5.15. The SMILES string of the molecule is CC1CN2CCCCC2CN1c1cccc2cnccc12. The van der Waals surface area contributed by atoms with Gasteiger partial charge in [0.2, 0.25) is 0 Å². The zero-order valence-electron chi connectivity index (χ0n) is 12.7. The Balaban J connectivity index is 1.71. The fourth-order valence-corrected chi connectivity index (χ4v) is 4.04. The van der Waals surface area contributed by atoms with E-state index in [-0.39, 0.29) is 0 Å². The Morgan fingerprint density at radius 3 is 3.05 bits per heavy atom. The van der Waals surface area contributed by atoms with E-state index in [1.54, 1.807) is 0 Å². The van der Waals surface area contributed by atoms with Gasteiger partial charge in [-0.3, -0.25) is 9.88 Å². The number of benzene rings is 1.